The number of nitrogens with two attached hydrogens (primary N) is 1. The van der Waals surface area contributed by atoms with Gasteiger partial charge in [0, 0.05) is 17.6 Å². The number of hydrogen-bond donors (Lipinski definition) is 3. The minimum atomic E-state index is -0.201. The second kappa shape index (κ2) is 4.97. The van der Waals surface area contributed by atoms with Crippen molar-refractivity contribution in [2.75, 3.05) is 5.73 Å². The molecule has 0 saturated heterocycles. The molecule has 2 heterocycles. The molecule has 3 rings (SSSR count). The number of nitrogens with one attached hydrogen (secondary N) is 2. The number of rotatable bonds is 3. The first kappa shape index (κ1) is 12.7. The fraction of sp³-hybridized carbons (Fsp3) is 0.143. The van der Waals surface area contributed by atoms with Crippen LogP contribution in [-0.2, 0) is 6.54 Å². The number of aryl methyl sites for hydroxylation is 1. The Hall–Kier alpha value is -2.34. The standard InChI is InChI=1S/C14H14N4OS/c1-8-6-20-7-9(8)5-16-14(19)13-11-4-10(15)2-3-12(11)17-18-13/h2-4,6-7H,5,15H2,1H3,(H,16,19)(H,17,18). The smallest absolute Gasteiger partial charge is 0.272 e. The fourth-order valence-corrected chi connectivity index (χ4v) is 2.89. The van der Waals surface area contributed by atoms with Crippen molar-refractivity contribution >= 4 is 33.8 Å². The minimum absolute atomic E-state index is 0.201. The van der Waals surface area contributed by atoms with Crippen molar-refractivity contribution < 1.29 is 4.79 Å². The molecule has 102 valence electrons. The Morgan fingerprint density at radius 1 is 1.45 bits per heavy atom. The number of amides is 1. The molecule has 0 radical (unpaired) electrons. The van der Waals surface area contributed by atoms with Crippen molar-refractivity contribution in [2.24, 2.45) is 0 Å². The molecule has 0 spiro atoms. The topological polar surface area (TPSA) is 83.8 Å². The number of H-pyrrole nitrogens is 1. The van der Waals surface area contributed by atoms with Crippen molar-refractivity contribution in [3.8, 4) is 0 Å². The predicted molar refractivity (Wildman–Crippen MR) is 80.7 cm³/mol. The molecule has 3 aromatic rings. The maximum Gasteiger partial charge on any atom is 0.272 e. The molecule has 1 amide bonds. The first-order valence-electron chi connectivity index (χ1n) is 6.18. The molecule has 0 aliphatic rings. The molecule has 20 heavy (non-hydrogen) atoms. The Kier molecular flexibility index (Phi) is 3.15. The summed E-state index contributed by atoms with van der Waals surface area (Å²) in [6.07, 6.45) is 0. The largest absolute Gasteiger partial charge is 0.399 e. The van der Waals surface area contributed by atoms with Gasteiger partial charge in [0.1, 0.15) is 0 Å². The van der Waals surface area contributed by atoms with Gasteiger partial charge in [0.2, 0.25) is 0 Å². The average Bonchev–Trinajstić information content (AvgIpc) is 3.02. The summed E-state index contributed by atoms with van der Waals surface area (Å²) < 4.78 is 0. The zero-order valence-electron chi connectivity index (χ0n) is 10.9. The summed E-state index contributed by atoms with van der Waals surface area (Å²) in [5, 5.41) is 14.6. The molecular weight excluding hydrogens is 272 g/mol. The first-order valence-corrected chi connectivity index (χ1v) is 7.13. The fourth-order valence-electron chi connectivity index (χ4n) is 2.03. The Morgan fingerprint density at radius 3 is 3.05 bits per heavy atom. The second-order valence-electron chi connectivity index (χ2n) is 4.64. The number of hydrogen-bond acceptors (Lipinski definition) is 4. The third kappa shape index (κ3) is 2.25. The Morgan fingerprint density at radius 2 is 2.30 bits per heavy atom. The lowest BCUT2D eigenvalue weighted by Gasteiger charge is -2.03. The summed E-state index contributed by atoms with van der Waals surface area (Å²) in [7, 11) is 0. The molecule has 4 N–H and O–H groups in total. The summed E-state index contributed by atoms with van der Waals surface area (Å²) in [5.41, 5.74) is 9.85. The van der Waals surface area contributed by atoms with Crippen LogP contribution >= 0.6 is 11.3 Å². The van der Waals surface area contributed by atoms with Crippen LogP contribution in [0.5, 0.6) is 0 Å². The number of nitrogens with zero attached hydrogens (tertiary/aromatic N) is 1. The van der Waals surface area contributed by atoms with Crippen LogP contribution in [0.15, 0.2) is 29.0 Å². The van der Waals surface area contributed by atoms with Crippen molar-refractivity contribution in [1.29, 1.82) is 0 Å². The van der Waals surface area contributed by atoms with Crippen LogP contribution in [0.3, 0.4) is 0 Å². The number of thiophene rings is 1. The number of nitrogen functional groups attached to an aromatic ring is 1. The van der Waals surface area contributed by atoms with E-state index < -0.39 is 0 Å². The molecule has 2 aromatic heterocycles. The number of aromatic amines is 1. The molecule has 0 fully saturated rings. The lowest BCUT2D eigenvalue weighted by molar-refractivity contribution is 0.0947. The van der Waals surface area contributed by atoms with Gasteiger partial charge in [-0.1, -0.05) is 0 Å². The van der Waals surface area contributed by atoms with Gasteiger partial charge >= 0.3 is 0 Å². The van der Waals surface area contributed by atoms with E-state index in [0.717, 1.165) is 16.5 Å². The molecule has 0 saturated carbocycles. The summed E-state index contributed by atoms with van der Waals surface area (Å²) in [5.74, 6) is -0.201. The molecule has 6 heteroatoms. The van der Waals surface area contributed by atoms with E-state index in [9.17, 15) is 4.79 Å². The van der Waals surface area contributed by atoms with Gasteiger partial charge in [-0.25, -0.2) is 0 Å². The Labute approximate surface area is 119 Å². The second-order valence-corrected chi connectivity index (χ2v) is 5.38. The maximum atomic E-state index is 12.2. The van der Waals surface area contributed by atoms with Gasteiger partial charge in [0.05, 0.1) is 5.52 Å². The van der Waals surface area contributed by atoms with Crippen LogP contribution in [0.4, 0.5) is 5.69 Å². The predicted octanol–water partition coefficient (Wildman–Crippen LogP) is 2.45. The van der Waals surface area contributed by atoms with Crippen molar-refractivity contribution in [1.82, 2.24) is 15.5 Å². The van der Waals surface area contributed by atoms with E-state index in [0.29, 0.717) is 17.9 Å². The molecule has 0 bridgehead atoms. The van der Waals surface area contributed by atoms with Crippen LogP contribution in [0, 0.1) is 6.92 Å². The van der Waals surface area contributed by atoms with Crippen molar-refractivity contribution in [2.45, 2.75) is 13.5 Å². The third-order valence-corrected chi connectivity index (χ3v) is 4.11. The number of carbonyl (C=O) groups excluding carboxylic acids is 1. The van der Waals surface area contributed by atoms with E-state index >= 15 is 0 Å². The highest BCUT2D eigenvalue weighted by molar-refractivity contribution is 7.08. The quantitative estimate of drug-likeness (QED) is 0.647. The Bertz CT molecular complexity index is 774. The molecule has 0 aliphatic carbocycles. The lowest BCUT2D eigenvalue weighted by Crippen LogP contribution is -2.23. The number of anilines is 1. The van der Waals surface area contributed by atoms with E-state index in [1.807, 2.05) is 18.4 Å². The van der Waals surface area contributed by atoms with Crippen LogP contribution < -0.4 is 11.1 Å². The van der Waals surface area contributed by atoms with Gasteiger partial charge in [-0.15, -0.1) is 0 Å². The average molecular weight is 286 g/mol. The summed E-state index contributed by atoms with van der Waals surface area (Å²) in [6, 6.07) is 5.35. The number of carbonyl (C=O) groups is 1. The van der Waals surface area contributed by atoms with E-state index in [2.05, 4.69) is 20.9 Å². The van der Waals surface area contributed by atoms with Crippen molar-refractivity contribution in [3.63, 3.8) is 0 Å². The maximum absolute atomic E-state index is 12.2. The molecule has 0 unspecified atom stereocenters. The Balaban J connectivity index is 1.82. The highest BCUT2D eigenvalue weighted by Gasteiger charge is 2.14. The number of aromatic nitrogens is 2. The highest BCUT2D eigenvalue weighted by Crippen LogP contribution is 2.19. The summed E-state index contributed by atoms with van der Waals surface area (Å²) in [4.78, 5) is 12.2. The zero-order valence-corrected chi connectivity index (χ0v) is 11.8. The molecule has 0 aliphatic heterocycles. The number of fused-ring (bicyclic) bond motifs is 1. The minimum Gasteiger partial charge on any atom is -0.399 e. The van der Waals surface area contributed by atoms with E-state index in [1.54, 1.807) is 23.5 Å². The molecule has 0 atom stereocenters. The van der Waals surface area contributed by atoms with Gasteiger partial charge in [0.25, 0.3) is 5.91 Å². The summed E-state index contributed by atoms with van der Waals surface area (Å²) in [6.45, 7) is 2.54. The van der Waals surface area contributed by atoms with E-state index in [4.69, 9.17) is 5.73 Å². The zero-order chi connectivity index (χ0) is 14.1. The molecular formula is C14H14N4OS. The summed E-state index contributed by atoms with van der Waals surface area (Å²) >= 11 is 1.63. The van der Waals surface area contributed by atoms with Crippen molar-refractivity contribution in [3.05, 3.63) is 45.8 Å². The van der Waals surface area contributed by atoms with E-state index in [1.165, 1.54) is 5.56 Å². The highest BCUT2D eigenvalue weighted by atomic mass is 32.1. The SMILES string of the molecule is Cc1cscc1CNC(=O)c1n[nH]c2ccc(N)cc12. The van der Waals surface area contributed by atoms with Crippen LogP contribution in [0.1, 0.15) is 21.6 Å². The van der Waals surface area contributed by atoms with E-state index in [-0.39, 0.29) is 5.91 Å². The normalized spacial score (nSPS) is 10.8. The van der Waals surface area contributed by atoms with Gasteiger partial charge in [-0.3, -0.25) is 9.89 Å². The van der Waals surface area contributed by atoms with Gasteiger partial charge in [0.15, 0.2) is 5.69 Å². The van der Waals surface area contributed by atoms with Gasteiger partial charge < -0.3 is 11.1 Å². The van der Waals surface area contributed by atoms with Crippen LogP contribution in [0.25, 0.3) is 10.9 Å². The van der Waals surface area contributed by atoms with Crippen LogP contribution in [0.2, 0.25) is 0 Å². The first-order chi connectivity index (χ1) is 9.65. The molecule has 1 aromatic carbocycles. The molecule has 5 nitrogen and oxygen atoms in total. The monoisotopic (exact) mass is 286 g/mol. The van der Waals surface area contributed by atoms with Gasteiger partial charge in [-0.2, -0.15) is 16.4 Å². The number of benzene rings is 1. The lowest BCUT2D eigenvalue weighted by atomic mass is 10.1. The van der Waals surface area contributed by atoms with Crippen LogP contribution in [-0.4, -0.2) is 16.1 Å². The third-order valence-electron chi connectivity index (χ3n) is 3.20. The van der Waals surface area contributed by atoms with Gasteiger partial charge in [-0.05, 0) is 47.0 Å².